The van der Waals surface area contributed by atoms with Gasteiger partial charge >= 0.3 is 6.18 Å². The van der Waals surface area contributed by atoms with Crippen LogP contribution < -0.4 is 4.90 Å². The first-order valence-electron chi connectivity index (χ1n) is 8.22. The molecule has 1 aromatic rings. The molecule has 0 saturated carbocycles. The monoisotopic (exact) mass is 342 g/mol. The van der Waals surface area contributed by atoms with Crippen LogP contribution in [0.25, 0.3) is 0 Å². The Bertz CT molecular complexity index is 606. The summed E-state index contributed by atoms with van der Waals surface area (Å²) in [7, 11) is 0. The van der Waals surface area contributed by atoms with Crippen molar-refractivity contribution < 1.29 is 23.1 Å². The summed E-state index contributed by atoms with van der Waals surface area (Å²) in [6.07, 6.45) is -4.78. The van der Waals surface area contributed by atoms with Crippen molar-refractivity contribution in [3.05, 3.63) is 29.8 Å². The van der Waals surface area contributed by atoms with Gasteiger partial charge < -0.3 is 14.9 Å². The number of hydrogen-bond acceptors (Lipinski definition) is 3. The van der Waals surface area contributed by atoms with Gasteiger partial charge in [-0.05, 0) is 24.5 Å². The van der Waals surface area contributed by atoms with E-state index in [2.05, 4.69) is 0 Å². The van der Waals surface area contributed by atoms with Crippen LogP contribution in [0, 0.1) is 0 Å². The number of rotatable bonds is 5. The molecule has 0 aromatic heterocycles. The van der Waals surface area contributed by atoms with Gasteiger partial charge in [-0.15, -0.1) is 0 Å². The molecular formula is C17H21F3N2O2. The Kier molecular flexibility index (Phi) is 4.71. The summed E-state index contributed by atoms with van der Waals surface area (Å²) in [5.41, 5.74) is 1.75. The number of benzene rings is 1. The van der Waals surface area contributed by atoms with E-state index in [1.165, 1.54) is 0 Å². The molecule has 1 aromatic carbocycles. The quantitative estimate of drug-likeness (QED) is 0.894. The Labute approximate surface area is 138 Å². The number of likely N-dealkylation sites (tertiary alicyclic amines) is 1. The van der Waals surface area contributed by atoms with Crippen LogP contribution in [0.15, 0.2) is 24.3 Å². The predicted molar refractivity (Wildman–Crippen MR) is 83.9 cm³/mol. The Hall–Kier alpha value is -1.76. The topological polar surface area (TPSA) is 43.8 Å². The van der Waals surface area contributed by atoms with Gasteiger partial charge in [-0.25, -0.2) is 0 Å². The number of amides is 1. The van der Waals surface area contributed by atoms with E-state index >= 15 is 0 Å². The summed E-state index contributed by atoms with van der Waals surface area (Å²) in [6.45, 7) is 1.38. The first-order chi connectivity index (χ1) is 11.4. The first kappa shape index (κ1) is 17.1. The summed E-state index contributed by atoms with van der Waals surface area (Å²) in [6, 6.07) is 7.37. The number of halogens is 3. The molecule has 2 atom stereocenters. The van der Waals surface area contributed by atoms with E-state index < -0.39 is 18.8 Å². The number of nitrogens with zero attached hydrogens (tertiary/aromatic N) is 2. The number of anilines is 1. The van der Waals surface area contributed by atoms with Crippen molar-refractivity contribution in [2.45, 2.75) is 37.5 Å². The maximum absolute atomic E-state index is 12.7. The van der Waals surface area contributed by atoms with Crippen molar-refractivity contribution in [2.24, 2.45) is 0 Å². The van der Waals surface area contributed by atoms with Gasteiger partial charge in [0.25, 0.3) is 0 Å². The second kappa shape index (κ2) is 6.63. The number of β-amino-alcohol motifs (C(OH)–C–C–N with tert-alkyl or cyclic N) is 1. The molecule has 1 N–H and O–H groups in total. The van der Waals surface area contributed by atoms with Crippen LogP contribution in [0.2, 0.25) is 0 Å². The van der Waals surface area contributed by atoms with Crippen LogP contribution in [0.5, 0.6) is 0 Å². The molecular weight excluding hydrogens is 321 g/mol. The molecule has 2 heterocycles. The fourth-order valence-corrected chi connectivity index (χ4v) is 3.57. The third-order valence-electron chi connectivity index (χ3n) is 4.85. The van der Waals surface area contributed by atoms with Gasteiger partial charge in [0.1, 0.15) is 0 Å². The first-order valence-corrected chi connectivity index (χ1v) is 8.22. The van der Waals surface area contributed by atoms with E-state index in [4.69, 9.17) is 0 Å². The lowest BCUT2D eigenvalue weighted by atomic mass is 9.98. The lowest BCUT2D eigenvalue weighted by Gasteiger charge is -2.25. The largest absolute Gasteiger partial charge is 0.416 e. The highest BCUT2D eigenvalue weighted by molar-refractivity contribution is 5.78. The number of fused-ring (bicyclic) bond motifs is 1. The number of aliphatic hydroxyl groups excluding tert-OH is 1. The summed E-state index contributed by atoms with van der Waals surface area (Å²) >= 11 is 0. The van der Waals surface area contributed by atoms with Crippen LogP contribution >= 0.6 is 0 Å². The summed E-state index contributed by atoms with van der Waals surface area (Å²) < 4.78 is 38.0. The highest BCUT2D eigenvalue weighted by Crippen LogP contribution is 2.39. The van der Waals surface area contributed by atoms with Gasteiger partial charge in [0.15, 0.2) is 6.10 Å². The number of hydrogen-bond donors (Lipinski definition) is 1. The molecule has 4 nitrogen and oxygen atoms in total. The average molecular weight is 342 g/mol. The van der Waals surface area contributed by atoms with E-state index in [1.807, 2.05) is 17.0 Å². The van der Waals surface area contributed by atoms with Gasteiger partial charge in [-0.3, -0.25) is 4.79 Å². The fraction of sp³-hybridized carbons (Fsp3) is 0.588. The minimum Gasteiger partial charge on any atom is -0.382 e. The Morgan fingerprint density at radius 3 is 2.67 bits per heavy atom. The summed E-state index contributed by atoms with van der Waals surface area (Å²) in [4.78, 5) is 15.1. The van der Waals surface area contributed by atoms with Crippen LogP contribution in [0.3, 0.4) is 0 Å². The average Bonchev–Trinajstić information content (AvgIpc) is 3.09. The number of alkyl halides is 3. The van der Waals surface area contributed by atoms with Gasteiger partial charge in [-0.2, -0.15) is 13.2 Å². The molecule has 0 spiro atoms. The minimum absolute atomic E-state index is 0.0787. The zero-order valence-electron chi connectivity index (χ0n) is 13.3. The molecule has 1 fully saturated rings. The SMILES string of the molecule is O=C1CCCN1CC[C@@H]1CN(C[C@H](O)C(F)(F)F)c2ccccc21. The molecule has 2 aliphatic rings. The highest BCUT2D eigenvalue weighted by atomic mass is 19.4. The second-order valence-corrected chi connectivity index (χ2v) is 6.49. The maximum atomic E-state index is 12.7. The van der Waals surface area contributed by atoms with Gasteiger partial charge in [0.05, 0.1) is 6.54 Å². The van der Waals surface area contributed by atoms with Crippen molar-refractivity contribution in [1.29, 1.82) is 0 Å². The minimum atomic E-state index is -4.62. The number of para-hydroxylation sites is 1. The third-order valence-corrected chi connectivity index (χ3v) is 4.85. The lowest BCUT2D eigenvalue weighted by Crippen LogP contribution is -2.40. The second-order valence-electron chi connectivity index (χ2n) is 6.49. The van der Waals surface area contributed by atoms with Gasteiger partial charge in [0.2, 0.25) is 5.91 Å². The predicted octanol–water partition coefficient (Wildman–Crippen LogP) is 2.53. The normalized spacial score (nSPS) is 22.2. The zero-order valence-corrected chi connectivity index (χ0v) is 13.3. The van der Waals surface area contributed by atoms with E-state index in [0.717, 1.165) is 30.6 Å². The Morgan fingerprint density at radius 1 is 1.25 bits per heavy atom. The van der Waals surface area contributed by atoms with E-state index in [-0.39, 0.29) is 11.8 Å². The van der Waals surface area contributed by atoms with Crippen molar-refractivity contribution in [2.75, 3.05) is 31.1 Å². The molecule has 7 heteroatoms. The smallest absolute Gasteiger partial charge is 0.382 e. The Morgan fingerprint density at radius 2 is 2.00 bits per heavy atom. The van der Waals surface area contributed by atoms with Gasteiger partial charge in [-0.1, -0.05) is 18.2 Å². The number of carbonyl (C=O) groups excluding carboxylic acids is 1. The fourth-order valence-electron chi connectivity index (χ4n) is 3.57. The molecule has 1 amide bonds. The highest BCUT2D eigenvalue weighted by Gasteiger charge is 2.41. The van der Waals surface area contributed by atoms with E-state index in [0.29, 0.717) is 19.5 Å². The summed E-state index contributed by atoms with van der Waals surface area (Å²) in [5.74, 6) is 0.237. The molecule has 0 aliphatic carbocycles. The Balaban J connectivity index is 1.68. The molecule has 132 valence electrons. The molecule has 1 saturated heterocycles. The maximum Gasteiger partial charge on any atom is 0.416 e. The van der Waals surface area contributed by atoms with Crippen molar-refractivity contribution in [1.82, 2.24) is 4.90 Å². The molecule has 0 unspecified atom stereocenters. The standard InChI is InChI=1S/C17H21F3N2O2/c18-17(19,20)15(23)11-22-10-12(13-4-1-2-5-14(13)22)7-9-21-8-3-6-16(21)24/h1-2,4-5,12,15,23H,3,6-11H2/t12-,15+/m1/s1. The van der Waals surface area contributed by atoms with Crippen LogP contribution in [0.1, 0.15) is 30.7 Å². The van der Waals surface area contributed by atoms with E-state index in [9.17, 15) is 23.1 Å². The van der Waals surface area contributed by atoms with Crippen LogP contribution in [-0.4, -0.2) is 54.4 Å². The molecule has 0 radical (unpaired) electrons. The zero-order chi connectivity index (χ0) is 17.3. The number of aliphatic hydroxyl groups is 1. The third kappa shape index (κ3) is 3.50. The lowest BCUT2D eigenvalue weighted by molar-refractivity contribution is -0.200. The number of carbonyl (C=O) groups is 1. The molecule has 2 aliphatic heterocycles. The van der Waals surface area contributed by atoms with Crippen LogP contribution in [-0.2, 0) is 4.79 Å². The van der Waals surface area contributed by atoms with Gasteiger partial charge in [0, 0.05) is 37.7 Å². The van der Waals surface area contributed by atoms with Crippen LogP contribution in [0.4, 0.5) is 18.9 Å². The van der Waals surface area contributed by atoms with Crippen molar-refractivity contribution in [3.8, 4) is 0 Å². The van der Waals surface area contributed by atoms with E-state index in [1.54, 1.807) is 17.0 Å². The molecule has 0 bridgehead atoms. The molecule has 24 heavy (non-hydrogen) atoms. The van der Waals surface area contributed by atoms with Crippen molar-refractivity contribution >= 4 is 11.6 Å². The molecule has 3 rings (SSSR count). The van der Waals surface area contributed by atoms with Crippen molar-refractivity contribution in [3.63, 3.8) is 0 Å². The summed E-state index contributed by atoms with van der Waals surface area (Å²) in [5, 5.41) is 9.38.